The van der Waals surface area contributed by atoms with Crippen molar-refractivity contribution in [2.45, 2.75) is 30.9 Å². The van der Waals surface area contributed by atoms with Crippen LogP contribution in [0.25, 0.3) is 11.1 Å². The number of aliphatic hydroxyl groups is 1. The fourth-order valence-corrected chi connectivity index (χ4v) is 5.03. The molecule has 33 heavy (non-hydrogen) atoms. The first-order valence-corrected chi connectivity index (χ1v) is 11.7. The molecule has 1 heterocycles. The monoisotopic (exact) mass is 442 g/mol. The minimum Gasteiger partial charge on any atom is -0.449 e. The predicted octanol–water partition coefficient (Wildman–Crippen LogP) is 4.55. The SMILES string of the molecule is O=C(NCC1(O)CCN(Cc2ccccc2)CC1)OCC1c2ccccc2-c2ccccc21. The highest BCUT2D eigenvalue weighted by atomic mass is 16.5. The van der Waals surface area contributed by atoms with Gasteiger partial charge in [0.05, 0.1) is 5.60 Å². The fourth-order valence-electron chi connectivity index (χ4n) is 5.03. The van der Waals surface area contributed by atoms with Crippen LogP contribution in [0, 0.1) is 0 Å². The number of ether oxygens (including phenoxy) is 1. The molecule has 0 radical (unpaired) electrons. The van der Waals surface area contributed by atoms with Gasteiger partial charge in [0.25, 0.3) is 0 Å². The van der Waals surface area contributed by atoms with E-state index in [1.54, 1.807) is 0 Å². The van der Waals surface area contributed by atoms with Crippen LogP contribution in [-0.4, -0.2) is 47.9 Å². The zero-order chi connectivity index (χ0) is 22.7. The molecule has 1 aliphatic carbocycles. The van der Waals surface area contributed by atoms with Gasteiger partial charge in [-0.25, -0.2) is 4.79 Å². The van der Waals surface area contributed by atoms with Crippen LogP contribution in [0.15, 0.2) is 78.9 Å². The minimum atomic E-state index is -0.890. The average molecular weight is 443 g/mol. The van der Waals surface area contributed by atoms with Gasteiger partial charge in [0, 0.05) is 32.1 Å². The standard InChI is InChI=1S/C28H30N2O3/c31-27(29-20-28(32)14-16-30(17-15-28)18-21-8-2-1-3-9-21)33-19-26-24-12-6-4-10-22(24)23-11-5-7-13-25(23)26/h1-13,26,32H,14-20H2,(H,29,31). The number of piperidine rings is 1. The summed E-state index contributed by atoms with van der Waals surface area (Å²) in [6.07, 6.45) is 0.782. The lowest BCUT2D eigenvalue weighted by Crippen LogP contribution is -2.50. The molecule has 2 aliphatic rings. The molecular weight excluding hydrogens is 412 g/mol. The summed E-state index contributed by atoms with van der Waals surface area (Å²) in [5.41, 5.74) is 5.18. The number of carbonyl (C=O) groups is 1. The van der Waals surface area contributed by atoms with Gasteiger partial charge in [-0.1, -0.05) is 78.9 Å². The molecule has 1 saturated heterocycles. The zero-order valence-electron chi connectivity index (χ0n) is 18.7. The first-order valence-electron chi connectivity index (χ1n) is 11.7. The number of hydrogen-bond donors (Lipinski definition) is 2. The topological polar surface area (TPSA) is 61.8 Å². The molecule has 1 aliphatic heterocycles. The maximum absolute atomic E-state index is 12.5. The summed E-state index contributed by atoms with van der Waals surface area (Å²) in [7, 11) is 0. The van der Waals surface area contributed by atoms with E-state index in [0.29, 0.717) is 12.8 Å². The van der Waals surface area contributed by atoms with Crippen molar-refractivity contribution in [3.63, 3.8) is 0 Å². The molecule has 0 aromatic heterocycles. The number of rotatable bonds is 6. The molecule has 170 valence electrons. The third-order valence-corrected chi connectivity index (χ3v) is 6.94. The third-order valence-electron chi connectivity index (χ3n) is 6.94. The van der Waals surface area contributed by atoms with Gasteiger partial charge in [-0.15, -0.1) is 0 Å². The number of nitrogens with zero attached hydrogens (tertiary/aromatic N) is 1. The summed E-state index contributed by atoms with van der Waals surface area (Å²) in [5.74, 6) is 0.0347. The summed E-state index contributed by atoms with van der Waals surface area (Å²) in [6, 6.07) is 26.9. The van der Waals surface area contributed by atoms with Gasteiger partial charge >= 0.3 is 6.09 Å². The Morgan fingerprint density at radius 1 is 0.909 bits per heavy atom. The van der Waals surface area contributed by atoms with E-state index in [4.69, 9.17) is 4.74 Å². The Bertz CT molecular complexity index is 1060. The lowest BCUT2D eigenvalue weighted by atomic mass is 9.91. The second-order valence-electron chi connectivity index (χ2n) is 9.17. The van der Waals surface area contributed by atoms with Crippen LogP contribution in [0.1, 0.15) is 35.4 Å². The molecular formula is C28H30N2O3. The van der Waals surface area contributed by atoms with E-state index in [0.717, 1.165) is 19.6 Å². The number of amides is 1. The summed E-state index contributed by atoms with van der Waals surface area (Å²) in [4.78, 5) is 14.8. The highest BCUT2D eigenvalue weighted by Gasteiger charge is 2.33. The van der Waals surface area contributed by atoms with Crippen molar-refractivity contribution in [3.8, 4) is 11.1 Å². The molecule has 0 atom stereocenters. The van der Waals surface area contributed by atoms with Crippen LogP contribution in [-0.2, 0) is 11.3 Å². The first-order chi connectivity index (χ1) is 16.1. The Morgan fingerprint density at radius 3 is 2.12 bits per heavy atom. The minimum absolute atomic E-state index is 0.0347. The van der Waals surface area contributed by atoms with Crippen molar-refractivity contribution in [1.29, 1.82) is 0 Å². The highest BCUT2D eigenvalue weighted by Crippen LogP contribution is 2.44. The van der Waals surface area contributed by atoms with E-state index in [-0.39, 0.29) is 19.1 Å². The lowest BCUT2D eigenvalue weighted by molar-refractivity contribution is -0.0216. The summed E-state index contributed by atoms with van der Waals surface area (Å²) in [6.45, 7) is 2.98. The van der Waals surface area contributed by atoms with Crippen LogP contribution in [0.5, 0.6) is 0 Å². The van der Waals surface area contributed by atoms with Gasteiger partial charge < -0.3 is 15.2 Å². The van der Waals surface area contributed by atoms with Crippen molar-refractivity contribution in [2.24, 2.45) is 0 Å². The van der Waals surface area contributed by atoms with Crippen molar-refractivity contribution in [3.05, 3.63) is 95.6 Å². The molecule has 3 aromatic rings. The molecule has 0 saturated carbocycles. The van der Waals surface area contributed by atoms with Gasteiger partial charge in [0.15, 0.2) is 0 Å². The van der Waals surface area contributed by atoms with Crippen LogP contribution in [0.3, 0.4) is 0 Å². The van der Waals surface area contributed by atoms with Crippen LogP contribution < -0.4 is 5.32 Å². The molecule has 1 fully saturated rings. The number of benzene rings is 3. The number of nitrogens with one attached hydrogen (secondary N) is 1. The van der Waals surface area contributed by atoms with E-state index in [1.165, 1.54) is 27.8 Å². The van der Waals surface area contributed by atoms with Crippen LogP contribution in [0.2, 0.25) is 0 Å². The number of likely N-dealkylation sites (tertiary alicyclic amines) is 1. The molecule has 5 rings (SSSR count). The third kappa shape index (κ3) is 4.80. The van der Waals surface area contributed by atoms with Crippen LogP contribution in [0.4, 0.5) is 4.79 Å². The van der Waals surface area contributed by atoms with E-state index in [1.807, 2.05) is 42.5 Å². The smallest absolute Gasteiger partial charge is 0.407 e. The molecule has 0 bridgehead atoms. The summed E-state index contributed by atoms with van der Waals surface area (Å²) >= 11 is 0. The average Bonchev–Trinajstić information content (AvgIpc) is 3.18. The quantitative estimate of drug-likeness (QED) is 0.588. The maximum atomic E-state index is 12.5. The largest absolute Gasteiger partial charge is 0.449 e. The van der Waals surface area contributed by atoms with Gasteiger partial charge in [0.2, 0.25) is 0 Å². The van der Waals surface area contributed by atoms with E-state index < -0.39 is 11.7 Å². The normalized spacial score (nSPS) is 17.2. The van der Waals surface area contributed by atoms with E-state index >= 15 is 0 Å². The molecule has 1 amide bonds. The van der Waals surface area contributed by atoms with Crippen molar-refractivity contribution >= 4 is 6.09 Å². The van der Waals surface area contributed by atoms with Crippen LogP contribution >= 0.6 is 0 Å². The fraction of sp³-hybridized carbons (Fsp3) is 0.321. The predicted molar refractivity (Wildman–Crippen MR) is 129 cm³/mol. The summed E-state index contributed by atoms with van der Waals surface area (Å²) in [5, 5.41) is 13.7. The Hall–Kier alpha value is -3.15. The molecule has 0 spiro atoms. The Kier molecular flexibility index (Phi) is 6.16. The van der Waals surface area contributed by atoms with E-state index in [2.05, 4.69) is 46.6 Å². The Labute approximate surface area is 195 Å². The van der Waals surface area contributed by atoms with Gasteiger partial charge in [0.1, 0.15) is 6.61 Å². The van der Waals surface area contributed by atoms with Gasteiger partial charge in [-0.2, -0.15) is 0 Å². The molecule has 2 N–H and O–H groups in total. The Morgan fingerprint density at radius 2 is 1.48 bits per heavy atom. The van der Waals surface area contributed by atoms with Gasteiger partial charge in [-0.3, -0.25) is 4.90 Å². The number of carbonyl (C=O) groups excluding carboxylic acids is 1. The number of fused-ring (bicyclic) bond motifs is 3. The highest BCUT2D eigenvalue weighted by molar-refractivity contribution is 5.79. The van der Waals surface area contributed by atoms with E-state index in [9.17, 15) is 9.90 Å². The molecule has 3 aromatic carbocycles. The molecule has 5 heteroatoms. The first kappa shape index (κ1) is 21.7. The van der Waals surface area contributed by atoms with Crippen molar-refractivity contribution in [1.82, 2.24) is 10.2 Å². The number of hydrogen-bond acceptors (Lipinski definition) is 4. The van der Waals surface area contributed by atoms with Crippen molar-refractivity contribution in [2.75, 3.05) is 26.2 Å². The zero-order valence-corrected chi connectivity index (χ0v) is 18.7. The summed E-state index contributed by atoms with van der Waals surface area (Å²) < 4.78 is 5.60. The lowest BCUT2D eigenvalue weighted by Gasteiger charge is -2.38. The Balaban J connectivity index is 1.11. The van der Waals surface area contributed by atoms with Gasteiger partial charge in [-0.05, 0) is 40.7 Å². The second-order valence-corrected chi connectivity index (χ2v) is 9.17. The molecule has 5 nitrogen and oxygen atoms in total. The van der Waals surface area contributed by atoms with Crippen molar-refractivity contribution < 1.29 is 14.6 Å². The molecule has 0 unspecified atom stereocenters. The second kappa shape index (κ2) is 9.38. The number of alkyl carbamates (subject to hydrolysis) is 1. The maximum Gasteiger partial charge on any atom is 0.407 e.